The van der Waals surface area contributed by atoms with Gasteiger partial charge >= 0.3 is 5.97 Å². The molecule has 2 unspecified atom stereocenters. The van der Waals surface area contributed by atoms with Crippen LogP contribution in [0.25, 0.3) is 0 Å². The van der Waals surface area contributed by atoms with Crippen LogP contribution < -0.4 is 14.8 Å². The van der Waals surface area contributed by atoms with Crippen molar-refractivity contribution < 1.29 is 19.4 Å². The molecule has 2 N–H and O–H groups in total. The Balaban J connectivity index is 1.98. The Morgan fingerprint density at radius 1 is 1.43 bits per heavy atom. The summed E-state index contributed by atoms with van der Waals surface area (Å²) in [7, 11) is 3.18. The highest BCUT2D eigenvalue weighted by Crippen LogP contribution is 2.30. The van der Waals surface area contributed by atoms with Crippen molar-refractivity contribution in [2.45, 2.75) is 38.3 Å². The van der Waals surface area contributed by atoms with Crippen molar-refractivity contribution in [3.8, 4) is 11.5 Å². The molecule has 1 aromatic heterocycles. The zero-order valence-electron chi connectivity index (χ0n) is 12.5. The maximum atomic E-state index is 11.1. The number of rotatable bonds is 6. The molecule has 1 aliphatic carbocycles. The maximum Gasteiger partial charge on any atom is 0.306 e. The molecule has 1 aliphatic rings. The first kappa shape index (κ1) is 15.6. The second-order valence-corrected chi connectivity index (χ2v) is 5.27. The largest absolute Gasteiger partial charge is 0.493 e. The molecule has 6 nitrogen and oxygen atoms in total. The van der Waals surface area contributed by atoms with Crippen molar-refractivity contribution in [3.05, 3.63) is 18.0 Å². The molecule has 0 amide bonds. The standard InChI is InChI=1S/C15H22N2O4/c1-20-13-6-7-16-12(14(13)21-2)9-17-11-5-3-4-10(8-11)15(18)19/h6-7,10-11,17H,3-5,8-9H2,1-2H3,(H,18,19). The molecule has 116 valence electrons. The van der Waals surface area contributed by atoms with Crippen LogP contribution in [0.4, 0.5) is 0 Å². The summed E-state index contributed by atoms with van der Waals surface area (Å²) in [5, 5.41) is 12.5. The van der Waals surface area contributed by atoms with Gasteiger partial charge in [-0.05, 0) is 19.3 Å². The highest BCUT2D eigenvalue weighted by Gasteiger charge is 2.26. The van der Waals surface area contributed by atoms with Crippen molar-refractivity contribution in [1.82, 2.24) is 10.3 Å². The van der Waals surface area contributed by atoms with Gasteiger partial charge in [0.25, 0.3) is 0 Å². The van der Waals surface area contributed by atoms with Crippen LogP contribution >= 0.6 is 0 Å². The fourth-order valence-corrected chi connectivity index (χ4v) is 2.82. The van der Waals surface area contributed by atoms with Gasteiger partial charge in [0, 0.05) is 24.8 Å². The molecule has 0 radical (unpaired) electrons. The van der Waals surface area contributed by atoms with E-state index in [1.165, 1.54) is 0 Å². The second-order valence-electron chi connectivity index (χ2n) is 5.27. The summed E-state index contributed by atoms with van der Waals surface area (Å²) in [6.07, 6.45) is 5.06. The van der Waals surface area contributed by atoms with Crippen LogP contribution in [0.2, 0.25) is 0 Å². The number of carboxylic acids is 1. The minimum absolute atomic E-state index is 0.206. The lowest BCUT2D eigenvalue weighted by Gasteiger charge is -2.27. The molecule has 2 rings (SSSR count). The summed E-state index contributed by atoms with van der Waals surface area (Å²) >= 11 is 0. The van der Waals surface area contributed by atoms with Crippen LogP contribution in [-0.4, -0.2) is 36.3 Å². The van der Waals surface area contributed by atoms with Crippen LogP contribution in [-0.2, 0) is 11.3 Å². The van der Waals surface area contributed by atoms with E-state index >= 15 is 0 Å². The first-order valence-electron chi connectivity index (χ1n) is 7.17. The number of aliphatic carboxylic acids is 1. The monoisotopic (exact) mass is 294 g/mol. The minimum atomic E-state index is -0.696. The van der Waals surface area contributed by atoms with E-state index in [4.69, 9.17) is 14.6 Å². The summed E-state index contributed by atoms with van der Waals surface area (Å²) < 4.78 is 10.6. The van der Waals surface area contributed by atoms with Gasteiger partial charge in [0.1, 0.15) is 0 Å². The number of pyridine rings is 1. The molecule has 0 aromatic carbocycles. The number of ether oxygens (including phenoxy) is 2. The Morgan fingerprint density at radius 2 is 2.24 bits per heavy atom. The number of nitrogens with one attached hydrogen (secondary N) is 1. The molecule has 6 heteroatoms. The molecule has 1 heterocycles. The van der Waals surface area contributed by atoms with Gasteiger partial charge in [-0.3, -0.25) is 9.78 Å². The number of methoxy groups -OCH3 is 2. The van der Waals surface area contributed by atoms with E-state index in [-0.39, 0.29) is 12.0 Å². The van der Waals surface area contributed by atoms with E-state index in [1.54, 1.807) is 26.5 Å². The van der Waals surface area contributed by atoms with Crippen molar-refractivity contribution in [2.75, 3.05) is 14.2 Å². The van der Waals surface area contributed by atoms with Gasteiger partial charge in [-0.1, -0.05) is 6.42 Å². The van der Waals surface area contributed by atoms with Gasteiger partial charge < -0.3 is 19.9 Å². The topological polar surface area (TPSA) is 80.7 Å². The Hall–Kier alpha value is -1.82. The predicted molar refractivity (Wildman–Crippen MR) is 77.6 cm³/mol. The summed E-state index contributed by atoms with van der Waals surface area (Å²) in [4.78, 5) is 15.4. The molecule has 0 saturated heterocycles. The van der Waals surface area contributed by atoms with E-state index in [0.29, 0.717) is 24.5 Å². The SMILES string of the molecule is COc1ccnc(CNC2CCCC(C(=O)O)C2)c1OC. The van der Waals surface area contributed by atoms with Gasteiger partial charge in [0.05, 0.1) is 25.8 Å². The molecular formula is C15H22N2O4. The van der Waals surface area contributed by atoms with Crippen molar-refractivity contribution in [2.24, 2.45) is 5.92 Å². The highest BCUT2D eigenvalue weighted by atomic mass is 16.5. The van der Waals surface area contributed by atoms with Gasteiger partial charge in [0.2, 0.25) is 0 Å². The van der Waals surface area contributed by atoms with E-state index in [0.717, 1.165) is 25.0 Å². The number of aromatic nitrogens is 1. The van der Waals surface area contributed by atoms with E-state index < -0.39 is 5.97 Å². The molecule has 21 heavy (non-hydrogen) atoms. The van der Waals surface area contributed by atoms with Crippen molar-refractivity contribution in [1.29, 1.82) is 0 Å². The Kier molecular flexibility index (Phi) is 5.38. The van der Waals surface area contributed by atoms with Gasteiger partial charge in [0.15, 0.2) is 11.5 Å². The quantitative estimate of drug-likeness (QED) is 0.833. The highest BCUT2D eigenvalue weighted by molar-refractivity contribution is 5.70. The molecular weight excluding hydrogens is 272 g/mol. The minimum Gasteiger partial charge on any atom is -0.493 e. The van der Waals surface area contributed by atoms with E-state index in [2.05, 4.69) is 10.3 Å². The third-order valence-electron chi connectivity index (χ3n) is 3.95. The Labute approximate surface area is 124 Å². The molecule has 0 aliphatic heterocycles. The summed E-state index contributed by atoms with van der Waals surface area (Å²) in [6, 6.07) is 1.96. The molecule has 0 bridgehead atoms. The third-order valence-corrected chi connectivity index (χ3v) is 3.95. The Morgan fingerprint density at radius 3 is 2.90 bits per heavy atom. The van der Waals surface area contributed by atoms with Crippen LogP contribution in [0.1, 0.15) is 31.4 Å². The lowest BCUT2D eigenvalue weighted by Crippen LogP contribution is -2.36. The molecule has 1 aromatic rings. The third kappa shape index (κ3) is 3.85. The zero-order chi connectivity index (χ0) is 15.2. The second kappa shape index (κ2) is 7.26. The van der Waals surface area contributed by atoms with E-state index in [9.17, 15) is 4.79 Å². The lowest BCUT2D eigenvalue weighted by atomic mass is 9.86. The Bertz CT molecular complexity index is 493. The zero-order valence-corrected chi connectivity index (χ0v) is 12.5. The number of nitrogens with zero attached hydrogens (tertiary/aromatic N) is 1. The average Bonchev–Trinajstić information content (AvgIpc) is 2.52. The van der Waals surface area contributed by atoms with Crippen molar-refractivity contribution >= 4 is 5.97 Å². The lowest BCUT2D eigenvalue weighted by molar-refractivity contribution is -0.143. The summed E-state index contributed by atoms with van der Waals surface area (Å²) in [5.74, 6) is 0.337. The van der Waals surface area contributed by atoms with Gasteiger partial charge in [-0.2, -0.15) is 0 Å². The molecule has 1 saturated carbocycles. The normalized spacial score (nSPS) is 21.8. The summed E-state index contributed by atoms with van der Waals surface area (Å²) in [6.45, 7) is 0.539. The fraction of sp³-hybridized carbons (Fsp3) is 0.600. The van der Waals surface area contributed by atoms with Crippen LogP contribution in [0, 0.1) is 5.92 Å². The number of hydrogen-bond donors (Lipinski definition) is 2. The van der Waals surface area contributed by atoms with Gasteiger partial charge in [-0.15, -0.1) is 0 Å². The summed E-state index contributed by atoms with van der Waals surface area (Å²) in [5.41, 5.74) is 0.772. The number of hydrogen-bond acceptors (Lipinski definition) is 5. The fourth-order valence-electron chi connectivity index (χ4n) is 2.82. The average molecular weight is 294 g/mol. The van der Waals surface area contributed by atoms with Crippen LogP contribution in [0.15, 0.2) is 12.3 Å². The number of carbonyl (C=O) groups is 1. The predicted octanol–water partition coefficient (Wildman–Crippen LogP) is 1.83. The molecule has 1 fully saturated rings. The first-order valence-corrected chi connectivity index (χ1v) is 7.17. The van der Waals surface area contributed by atoms with Crippen LogP contribution in [0.3, 0.4) is 0 Å². The van der Waals surface area contributed by atoms with Gasteiger partial charge in [-0.25, -0.2) is 0 Å². The molecule has 2 atom stereocenters. The first-order chi connectivity index (χ1) is 10.2. The molecule has 0 spiro atoms. The van der Waals surface area contributed by atoms with E-state index in [1.807, 2.05) is 0 Å². The smallest absolute Gasteiger partial charge is 0.306 e. The maximum absolute atomic E-state index is 11.1. The van der Waals surface area contributed by atoms with Crippen molar-refractivity contribution in [3.63, 3.8) is 0 Å². The van der Waals surface area contributed by atoms with Crippen LogP contribution in [0.5, 0.6) is 11.5 Å². The number of carboxylic acid groups (broad SMARTS) is 1.